The summed E-state index contributed by atoms with van der Waals surface area (Å²) in [6.45, 7) is 8.29. The Balaban J connectivity index is 2.13. The molecule has 104 valence electrons. The second-order valence-electron chi connectivity index (χ2n) is 5.39. The Hall–Kier alpha value is -1.19. The van der Waals surface area contributed by atoms with Crippen molar-refractivity contribution >= 4 is 5.78 Å². The molecule has 0 amide bonds. The molecule has 2 unspecified atom stereocenters. The molecule has 1 aromatic carbocycles. The fraction of sp³-hybridized carbons (Fsp3) is 0.562. The average molecular weight is 261 g/mol. The van der Waals surface area contributed by atoms with Gasteiger partial charge in [0, 0.05) is 11.6 Å². The molecule has 1 aromatic rings. The number of aryl methyl sites for hydroxylation is 2. The minimum Gasteiger partial charge on any atom is -0.379 e. The summed E-state index contributed by atoms with van der Waals surface area (Å²) in [5.41, 5.74) is 3.09. The highest BCUT2D eigenvalue weighted by Gasteiger charge is 2.34. The van der Waals surface area contributed by atoms with Crippen LogP contribution in [-0.4, -0.2) is 31.6 Å². The summed E-state index contributed by atoms with van der Waals surface area (Å²) in [7, 11) is 0. The van der Waals surface area contributed by atoms with Crippen LogP contribution in [0.15, 0.2) is 18.2 Å². The van der Waals surface area contributed by atoms with Gasteiger partial charge in [-0.2, -0.15) is 0 Å². The molecule has 1 N–H and O–H groups in total. The zero-order valence-electron chi connectivity index (χ0n) is 12.0. The van der Waals surface area contributed by atoms with Gasteiger partial charge in [-0.15, -0.1) is 0 Å². The van der Waals surface area contributed by atoms with E-state index in [0.717, 1.165) is 24.1 Å². The summed E-state index contributed by atoms with van der Waals surface area (Å²) in [5.74, 6) is 0.163. The molecule has 0 bridgehead atoms. The van der Waals surface area contributed by atoms with Crippen molar-refractivity contribution in [2.75, 3.05) is 19.8 Å². The first kappa shape index (κ1) is 14.2. The number of benzene rings is 1. The van der Waals surface area contributed by atoms with Crippen molar-refractivity contribution in [3.8, 4) is 0 Å². The number of carbonyl (C=O) groups excluding carboxylic acids is 1. The molecule has 1 saturated heterocycles. The average Bonchev–Trinajstić information content (AvgIpc) is 2.83. The number of hydrogen-bond donors (Lipinski definition) is 1. The number of nitrogens with one attached hydrogen (secondary N) is 1. The molecule has 3 nitrogen and oxygen atoms in total. The van der Waals surface area contributed by atoms with E-state index in [4.69, 9.17) is 4.74 Å². The summed E-state index contributed by atoms with van der Waals surface area (Å²) in [6.07, 6.45) is 1.07. The lowest BCUT2D eigenvalue weighted by atomic mass is 9.90. The van der Waals surface area contributed by atoms with E-state index in [1.807, 2.05) is 26.0 Å². The maximum atomic E-state index is 12.6. The Kier molecular flexibility index (Phi) is 4.72. The van der Waals surface area contributed by atoms with E-state index in [9.17, 15) is 4.79 Å². The SMILES string of the molecule is CCCNC1COCC1C(=O)c1ccc(C)cc1C. The van der Waals surface area contributed by atoms with Crippen LogP contribution in [0.4, 0.5) is 0 Å². The largest absolute Gasteiger partial charge is 0.379 e. The van der Waals surface area contributed by atoms with Gasteiger partial charge in [0.1, 0.15) is 0 Å². The molecular weight excluding hydrogens is 238 g/mol. The Bertz CT molecular complexity index is 456. The highest BCUT2D eigenvalue weighted by molar-refractivity contribution is 5.99. The molecular formula is C16H23NO2. The summed E-state index contributed by atoms with van der Waals surface area (Å²) < 4.78 is 5.49. The second-order valence-corrected chi connectivity index (χ2v) is 5.39. The van der Waals surface area contributed by atoms with E-state index in [1.165, 1.54) is 5.56 Å². The number of ketones is 1. The fourth-order valence-electron chi connectivity index (χ4n) is 2.63. The normalized spacial score (nSPS) is 22.7. The molecule has 1 aliphatic heterocycles. The maximum absolute atomic E-state index is 12.6. The fourth-order valence-corrected chi connectivity index (χ4v) is 2.63. The Morgan fingerprint density at radius 1 is 1.37 bits per heavy atom. The molecule has 0 saturated carbocycles. The maximum Gasteiger partial charge on any atom is 0.170 e. The molecule has 0 aromatic heterocycles. The number of carbonyl (C=O) groups is 1. The summed E-state index contributed by atoms with van der Waals surface area (Å²) in [6, 6.07) is 6.18. The van der Waals surface area contributed by atoms with Gasteiger partial charge in [-0.05, 0) is 32.4 Å². The van der Waals surface area contributed by atoms with Gasteiger partial charge in [-0.1, -0.05) is 30.7 Å². The van der Waals surface area contributed by atoms with E-state index in [0.29, 0.717) is 13.2 Å². The first-order valence-corrected chi connectivity index (χ1v) is 7.06. The van der Waals surface area contributed by atoms with E-state index in [-0.39, 0.29) is 17.7 Å². The van der Waals surface area contributed by atoms with Crippen molar-refractivity contribution in [1.82, 2.24) is 5.32 Å². The second kappa shape index (κ2) is 6.31. The zero-order chi connectivity index (χ0) is 13.8. The predicted octanol–water partition coefficient (Wildman–Crippen LogP) is 2.50. The molecule has 3 heteroatoms. The first-order valence-electron chi connectivity index (χ1n) is 7.06. The highest BCUT2D eigenvalue weighted by atomic mass is 16.5. The van der Waals surface area contributed by atoms with E-state index < -0.39 is 0 Å². The summed E-state index contributed by atoms with van der Waals surface area (Å²) in [4.78, 5) is 12.6. The van der Waals surface area contributed by atoms with E-state index in [2.05, 4.69) is 18.3 Å². The number of Topliss-reactive ketones (excluding diaryl/α,β-unsaturated/α-hetero) is 1. The first-order chi connectivity index (χ1) is 9.13. The van der Waals surface area contributed by atoms with Gasteiger partial charge in [0.15, 0.2) is 5.78 Å². The van der Waals surface area contributed by atoms with Gasteiger partial charge < -0.3 is 10.1 Å². The topological polar surface area (TPSA) is 38.3 Å². The number of hydrogen-bond acceptors (Lipinski definition) is 3. The van der Waals surface area contributed by atoms with Crippen LogP contribution < -0.4 is 5.32 Å². The van der Waals surface area contributed by atoms with Crippen LogP contribution in [-0.2, 0) is 4.74 Å². The lowest BCUT2D eigenvalue weighted by Crippen LogP contribution is -2.39. The molecule has 1 fully saturated rings. The van der Waals surface area contributed by atoms with Crippen LogP contribution in [0, 0.1) is 19.8 Å². The molecule has 2 atom stereocenters. The Morgan fingerprint density at radius 2 is 2.16 bits per heavy atom. The van der Waals surface area contributed by atoms with Gasteiger partial charge in [-0.25, -0.2) is 0 Å². The Labute approximate surface area is 115 Å². The zero-order valence-corrected chi connectivity index (χ0v) is 12.0. The van der Waals surface area contributed by atoms with Crippen LogP contribution in [0.5, 0.6) is 0 Å². The lowest BCUT2D eigenvalue weighted by Gasteiger charge is -2.18. The third-order valence-corrected chi connectivity index (χ3v) is 3.72. The smallest absolute Gasteiger partial charge is 0.170 e. The summed E-state index contributed by atoms with van der Waals surface area (Å²) >= 11 is 0. The molecule has 19 heavy (non-hydrogen) atoms. The quantitative estimate of drug-likeness (QED) is 0.828. The van der Waals surface area contributed by atoms with Crippen LogP contribution >= 0.6 is 0 Å². The van der Waals surface area contributed by atoms with Gasteiger partial charge in [-0.3, -0.25) is 4.79 Å². The Morgan fingerprint density at radius 3 is 2.84 bits per heavy atom. The van der Waals surface area contributed by atoms with Crippen LogP contribution in [0.1, 0.15) is 34.8 Å². The van der Waals surface area contributed by atoms with Gasteiger partial charge in [0.2, 0.25) is 0 Å². The van der Waals surface area contributed by atoms with Crippen molar-refractivity contribution in [3.05, 3.63) is 34.9 Å². The van der Waals surface area contributed by atoms with Crippen LogP contribution in [0.3, 0.4) is 0 Å². The van der Waals surface area contributed by atoms with Gasteiger partial charge in [0.05, 0.1) is 19.1 Å². The third-order valence-electron chi connectivity index (χ3n) is 3.72. The van der Waals surface area contributed by atoms with Gasteiger partial charge >= 0.3 is 0 Å². The van der Waals surface area contributed by atoms with Crippen molar-refractivity contribution in [2.24, 2.45) is 5.92 Å². The predicted molar refractivity (Wildman–Crippen MR) is 76.6 cm³/mol. The molecule has 0 aliphatic carbocycles. The molecule has 1 heterocycles. The van der Waals surface area contributed by atoms with Crippen LogP contribution in [0.2, 0.25) is 0 Å². The summed E-state index contributed by atoms with van der Waals surface area (Å²) in [5, 5.41) is 3.42. The monoisotopic (exact) mass is 261 g/mol. The molecule has 1 aliphatic rings. The highest BCUT2D eigenvalue weighted by Crippen LogP contribution is 2.22. The minimum absolute atomic E-state index is 0.0482. The number of ether oxygens (including phenoxy) is 1. The van der Waals surface area contributed by atoms with Crippen molar-refractivity contribution in [1.29, 1.82) is 0 Å². The molecule has 0 spiro atoms. The molecule has 2 rings (SSSR count). The van der Waals surface area contributed by atoms with Crippen molar-refractivity contribution in [2.45, 2.75) is 33.2 Å². The lowest BCUT2D eigenvalue weighted by molar-refractivity contribution is 0.0891. The van der Waals surface area contributed by atoms with Crippen molar-refractivity contribution in [3.63, 3.8) is 0 Å². The van der Waals surface area contributed by atoms with E-state index in [1.54, 1.807) is 0 Å². The van der Waals surface area contributed by atoms with Crippen LogP contribution in [0.25, 0.3) is 0 Å². The molecule has 0 radical (unpaired) electrons. The number of rotatable bonds is 5. The third kappa shape index (κ3) is 3.23. The van der Waals surface area contributed by atoms with Crippen molar-refractivity contribution < 1.29 is 9.53 Å². The minimum atomic E-state index is -0.0482. The standard InChI is InChI=1S/C16H23NO2/c1-4-7-17-15-10-19-9-14(15)16(18)13-6-5-11(2)8-12(13)3/h5-6,8,14-15,17H,4,7,9-10H2,1-3H3. The van der Waals surface area contributed by atoms with Gasteiger partial charge in [0.25, 0.3) is 0 Å². The van der Waals surface area contributed by atoms with E-state index >= 15 is 0 Å².